The number of benzene rings is 1. The molecule has 0 bridgehead atoms. The van der Waals surface area contributed by atoms with Gasteiger partial charge in [0.05, 0.1) is 17.6 Å². The normalized spacial score (nSPS) is 22.0. The summed E-state index contributed by atoms with van der Waals surface area (Å²) in [5.41, 5.74) is 0.789. The topological polar surface area (TPSA) is 46.6 Å². The standard InChI is InChI=1S/C13H19NO3S/c1-3-12-10-14(8-9-17-12)18(15,16)13-7-5-4-6-11(13)2/h4-7,12H,3,8-10H2,1-2H3. The molecule has 1 saturated heterocycles. The third-order valence-corrected chi connectivity index (χ3v) is 5.29. The lowest BCUT2D eigenvalue weighted by atomic mass is 10.2. The Hall–Kier alpha value is -0.910. The molecular formula is C13H19NO3S. The minimum atomic E-state index is -3.38. The van der Waals surface area contributed by atoms with Crippen LogP contribution in [0.2, 0.25) is 0 Å². The average molecular weight is 269 g/mol. The molecule has 100 valence electrons. The molecule has 2 rings (SSSR count). The van der Waals surface area contributed by atoms with E-state index in [1.165, 1.54) is 4.31 Å². The van der Waals surface area contributed by atoms with E-state index in [9.17, 15) is 8.42 Å². The van der Waals surface area contributed by atoms with Crippen molar-refractivity contribution < 1.29 is 13.2 Å². The lowest BCUT2D eigenvalue weighted by Crippen LogP contribution is -2.45. The molecule has 0 aliphatic carbocycles. The van der Waals surface area contributed by atoms with Crippen LogP contribution in [-0.4, -0.2) is 38.5 Å². The van der Waals surface area contributed by atoms with Gasteiger partial charge in [-0.3, -0.25) is 0 Å². The van der Waals surface area contributed by atoms with Crippen molar-refractivity contribution in [1.82, 2.24) is 4.31 Å². The Labute approximate surface area is 109 Å². The fourth-order valence-corrected chi connectivity index (χ4v) is 3.82. The first-order valence-electron chi connectivity index (χ1n) is 6.23. The van der Waals surface area contributed by atoms with Crippen LogP contribution < -0.4 is 0 Å². The van der Waals surface area contributed by atoms with Gasteiger partial charge in [-0.15, -0.1) is 0 Å². The molecule has 1 unspecified atom stereocenters. The van der Waals surface area contributed by atoms with Crippen LogP contribution in [0.3, 0.4) is 0 Å². The van der Waals surface area contributed by atoms with Crippen molar-refractivity contribution in [3.8, 4) is 0 Å². The largest absolute Gasteiger partial charge is 0.375 e. The van der Waals surface area contributed by atoms with E-state index < -0.39 is 10.0 Å². The molecule has 1 fully saturated rings. The molecule has 0 radical (unpaired) electrons. The van der Waals surface area contributed by atoms with Crippen LogP contribution >= 0.6 is 0 Å². The summed E-state index contributed by atoms with van der Waals surface area (Å²) >= 11 is 0. The number of ether oxygens (including phenoxy) is 1. The minimum absolute atomic E-state index is 0.0116. The van der Waals surface area contributed by atoms with Gasteiger partial charge in [0.25, 0.3) is 0 Å². The van der Waals surface area contributed by atoms with Crippen molar-refractivity contribution in [2.45, 2.75) is 31.3 Å². The summed E-state index contributed by atoms with van der Waals surface area (Å²) in [6.07, 6.45) is 0.845. The molecule has 0 amide bonds. The number of rotatable bonds is 3. The zero-order valence-corrected chi connectivity index (χ0v) is 11.6. The van der Waals surface area contributed by atoms with Gasteiger partial charge in [0.15, 0.2) is 0 Å². The second-order valence-corrected chi connectivity index (χ2v) is 6.44. The zero-order chi connectivity index (χ0) is 13.2. The SMILES string of the molecule is CCC1CN(S(=O)(=O)c2ccccc2C)CCO1. The van der Waals surface area contributed by atoms with Crippen LogP contribution in [0.1, 0.15) is 18.9 Å². The van der Waals surface area contributed by atoms with E-state index in [0.717, 1.165) is 12.0 Å². The van der Waals surface area contributed by atoms with Gasteiger partial charge in [0.1, 0.15) is 0 Å². The highest BCUT2D eigenvalue weighted by molar-refractivity contribution is 7.89. The predicted octanol–water partition coefficient (Wildman–Crippen LogP) is 1.79. The first kappa shape index (κ1) is 13.5. The average Bonchev–Trinajstić information content (AvgIpc) is 2.39. The first-order chi connectivity index (χ1) is 8.55. The van der Waals surface area contributed by atoms with Gasteiger partial charge < -0.3 is 4.74 Å². The second kappa shape index (κ2) is 5.38. The van der Waals surface area contributed by atoms with Gasteiger partial charge >= 0.3 is 0 Å². The molecule has 0 saturated carbocycles. The summed E-state index contributed by atoms with van der Waals surface area (Å²) in [5.74, 6) is 0. The minimum Gasteiger partial charge on any atom is -0.375 e. The van der Waals surface area contributed by atoms with E-state index in [4.69, 9.17) is 4.74 Å². The summed E-state index contributed by atoms with van der Waals surface area (Å²) in [4.78, 5) is 0.404. The Morgan fingerprint density at radius 2 is 2.11 bits per heavy atom. The highest BCUT2D eigenvalue weighted by Gasteiger charge is 2.30. The Morgan fingerprint density at radius 1 is 1.39 bits per heavy atom. The molecule has 5 heteroatoms. The number of morpholine rings is 1. The van der Waals surface area contributed by atoms with E-state index in [-0.39, 0.29) is 6.10 Å². The van der Waals surface area contributed by atoms with Gasteiger partial charge in [-0.25, -0.2) is 8.42 Å². The van der Waals surface area contributed by atoms with Gasteiger partial charge in [-0.05, 0) is 25.0 Å². The van der Waals surface area contributed by atoms with Crippen LogP contribution in [0.15, 0.2) is 29.2 Å². The first-order valence-corrected chi connectivity index (χ1v) is 7.67. The molecule has 0 N–H and O–H groups in total. The Morgan fingerprint density at radius 3 is 2.78 bits per heavy atom. The summed E-state index contributed by atoms with van der Waals surface area (Å²) in [5, 5.41) is 0. The van der Waals surface area contributed by atoms with Crippen molar-refractivity contribution >= 4 is 10.0 Å². The van der Waals surface area contributed by atoms with Crippen LogP contribution in [0.5, 0.6) is 0 Å². The van der Waals surface area contributed by atoms with Crippen molar-refractivity contribution in [3.05, 3.63) is 29.8 Å². The van der Waals surface area contributed by atoms with Gasteiger partial charge in [0, 0.05) is 13.1 Å². The van der Waals surface area contributed by atoms with Crippen LogP contribution in [-0.2, 0) is 14.8 Å². The van der Waals surface area contributed by atoms with Crippen LogP contribution in [0, 0.1) is 6.92 Å². The van der Waals surface area contributed by atoms with Gasteiger partial charge in [-0.2, -0.15) is 4.31 Å². The maximum Gasteiger partial charge on any atom is 0.243 e. The lowest BCUT2D eigenvalue weighted by molar-refractivity contribution is -0.00278. The maximum absolute atomic E-state index is 12.5. The molecular weight excluding hydrogens is 250 g/mol. The molecule has 0 aromatic heterocycles. The summed E-state index contributed by atoms with van der Waals surface area (Å²) in [6.45, 7) is 5.20. The monoisotopic (exact) mass is 269 g/mol. The molecule has 18 heavy (non-hydrogen) atoms. The highest BCUT2D eigenvalue weighted by atomic mass is 32.2. The Balaban J connectivity index is 2.29. The van der Waals surface area contributed by atoms with Crippen molar-refractivity contribution in [1.29, 1.82) is 0 Å². The molecule has 4 nitrogen and oxygen atoms in total. The van der Waals surface area contributed by atoms with E-state index in [1.807, 2.05) is 26.0 Å². The molecule has 1 aliphatic heterocycles. The summed E-state index contributed by atoms with van der Waals surface area (Å²) < 4.78 is 32.1. The molecule has 1 aliphatic rings. The molecule has 1 aromatic carbocycles. The van der Waals surface area contributed by atoms with Gasteiger partial charge in [0.2, 0.25) is 10.0 Å². The number of hydrogen-bond donors (Lipinski definition) is 0. The van der Waals surface area contributed by atoms with Crippen LogP contribution in [0.25, 0.3) is 0 Å². The van der Waals surface area contributed by atoms with Crippen molar-refractivity contribution in [2.75, 3.05) is 19.7 Å². The van der Waals surface area contributed by atoms with Crippen LogP contribution in [0.4, 0.5) is 0 Å². The zero-order valence-electron chi connectivity index (χ0n) is 10.8. The quantitative estimate of drug-likeness (QED) is 0.840. The number of hydrogen-bond acceptors (Lipinski definition) is 3. The summed E-state index contributed by atoms with van der Waals surface area (Å²) in [6, 6.07) is 7.10. The Kier molecular flexibility index (Phi) is 4.04. The fraction of sp³-hybridized carbons (Fsp3) is 0.538. The third kappa shape index (κ3) is 2.58. The number of sulfonamides is 1. The molecule has 1 atom stereocenters. The molecule has 1 heterocycles. The van der Waals surface area contributed by atoms with E-state index in [2.05, 4.69) is 0 Å². The molecule has 1 aromatic rings. The smallest absolute Gasteiger partial charge is 0.243 e. The maximum atomic E-state index is 12.5. The van der Waals surface area contributed by atoms with Crippen molar-refractivity contribution in [2.24, 2.45) is 0 Å². The number of nitrogens with zero attached hydrogens (tertiary/aromatic N) is 1. The second-order valence-electron chi connectivity index (χ2n) is 4.53. The van der Waals surface area contributed by atoms with Crippen molar-refractivity contribution in [3.63, 3.8) is 0 Å². The third-order valence-electron chi connectivity index (χ3n) is 3.27. The molecule has 0 spiro atoms. The van der Waals surface area contributed by atoms with E-state index in [1.54, 1.807) is 12.1 Å². The summed E-state index contributed by atoms with van der Waals surface area (Å²) in [7, 11) is -3.38. The van der Waals surface area contributed by atoms with E-state index in [0.29, 0.717) is 24.6 Å². The predicted molar refractivity (Wildman–Crippen MR) is 70.0 cm³/mol. The van der Waals surface area contributed by atoms with E-state index >= 15 is 0 Å². The fourth-order valence-electron chi connectivity index (χ4n) is 2.14. The number of aryl methyl sites for hydroxylation is 1. The highest BCUT2D eigenvalue weighted by Crippen LogP contribution is 2.22. The lowest BCUT2D eigenvalue weighted by Gasteiger charge is -2.32. The Bertz CT molecular complexity index is 513. The van der Waals surface area contributed by atoms with Gasteiger partial charge in [-0.1, -0.05) is 25.1 Å².